The molecule has 3 nitrogen and oxygen atoms in total. The minimum Gasteiger partial charge on any atom is -0.399 e. The van der Waals surface area contributed by atoms with Gasteiger partial charge in [-0.3, -0.25) is 4.79 Å². The zero-order valence-corrected chi connectivity index (χ0v) is 13.3. The lowest BCUT2D eigenvalue weighted by Crippen LogP contribution is -2.30. The summed E-state index contributed by atoms with van der Waals surface area (Å²) in [6, 6.07) is 9.74. The van der Waals surface area contributed by atoms with Gasteiger partial charge in [0.2, 0.25) is 0 Å². The third-order valence-electron chi connectivity index (χ3n) is 3.55. The van der Waals surface area contributed by atoms with E-state index in [2.05, 4.69) is 27.4 Å². The number of nitrogens with two attached hydrogens (primary N) is 1. The highest BCUT2D eigenvalue weighted by atomic mass is 79.9. The molecule has 0 bridgehead atoms. The van der Waals surface area contributed by atoms with Gasteiger partial charge in [-0.05, 0) is 42.5 Å². The van der Waals surface area contributed by atoms with E-state index in [1.165, 1.54) is 4.88 Å². The fourth-order valence-electron chi connectivity index (χ4n) is 2.69. The van der Waals surface area contributed by atoms with Crippen LogP contribution in [0.5, 0.6) is 0 Å². The first-order valence-electron chi connectivity index (χ1n) is 6.55. The summed E-state index contributed by atoms with van der Waals surface area (Å²) in [7, 11) is 0. The molecule has 104 valence electrons. The highest BCUT2D eigenvalue weighted by Gasteiger charge is 2.31. The van der Waals surface area contributed by atoms with Gasteiger partial charge in [0.05, 0.1) is 6.04 Å². The van der Waals surface area contributed by atoms with Gasteiger partial charge in [0, 0.05) is 27.1 Å². The molecule has 1 saturated heterocycles. The molecule has 1 aromatic carbocycles. The molecule has 2 N–H and O–H groups in total. The van der Waals surface area contributed by atoms with E-state index in [1.807, 2.05) is 17.0 Å². The largest absolute Gasteiger partial charge is 0.399 e. The summed E-state index contributed by atoms with van der Waals surface area (Å²) in [5.41, 5.74) is 7.09. The Morgan fingerprint density at radius 1 is 1.40 bits per heavy atom. The average molecular weight is 351 g/mol. The van der Waals surface area contributed by atoms with E-state index in [4.69, 9.17) is 5.73 Å². The van der Waals surface area contributed by atoms with Crippen molar-refractivity contribution in [1.29, 1.82) is 0 Å². The second-order valence-electron chi connectivity index (χ2n) is 4.95. The molecule has 1 aliphatic heterocycles. The van der Waals surface area contributed by atoms with Gasteiger partial charge < -0.3 is 10.6 Å². The molecule has 0 saturated carbocycles. The Bertz CT molecular complexity index is 607. The molecule has 0 spiro atoms. The number of hydrogen-bond acceptors (Lipinski definition) is 3. The smallest absolute Gasteiger partial charge is 0.254 e. The number of nitrogen functional groups attached to an aromatic ring is 1. The minimum absolute atomic E-state index is 0.0638. The Labute approximate surface area is 130 Å². The van der Waals surface area contributed by atoms with Gasteiger partial charge in [-0.1, -0.05) is 22.0 Å². The SMILES string of the molecule is Nc1cc(Br)cc(C(=O)N2CCCC2c2cccs2)c1. The number of anilines is 1. The molecule has 1 amide bonds. The van der Waals surface area contributed by atoms with Crippen molar-refractivity contribution in [1.82, 2.24) is 4.90 Å². The Hall–Kier alpha value is -1.33. The predicted octanol–water partition coefficient (Wildman–Crippen LogP) is 4.07. The molecule has 0 radical (unpaired) electrons. The van der Waals surface area contributed by atoms with Crippen molar-refractivity contribution in [2.24, 2.45) is 0 Å². The maximum Gasteiger partial charge on any atom is 0.254 e. The third kappa shape index (κ3) is 2.60. The molecule has 1 atom stereocenters. The van der Waals surface area contributed by atoms with Crippen molar-refractivity contribution in [3.63, 3.8) is 0 Å². The van der Waals surface area contributed by atoms with Crippen molar-refractivity contribution in [2.75, 3.05) is 12.3 Å². The van der Waals surface area contributed by atoms with E-state index in [0.29, 0.717) is 11.3 Å². The fourth-order valence-corrected chi connectivity index (χ4v) is 4.07. The van der Waals surface area contributed by atoms with Crippen molar-refractivity contribution >= 4 is 38.9 Å². The lowest BCUT2D eigenvalue weighted by Gasteiger charge is -2.24. The second-order valence-corrected chi connectivity index (χ2v) is 6.84. The summed E-state index contributed by atoms with van der Waals surface area (Å²) in [6.07, 6.45) is 2.09. The summed E-state index contributed by atoms with van der Waals surface area (Å²) in [4.78, 5) is 15.9. The summed E-state index contributed by atoms with van der Waals surface area (Å²) in [6.45, 7) is 0.813. The zero-order chi connectivity index (χ0) is 14.1. The van der Waals surface area contributed by atoms with Crippen LogP contribution in [0.25, 0.3) is 0 Å². The van der Waals surface area contributed by atoms with Gasteiger partial charge in [-0.15, -0.1) is 11.3 Å². The third-order valence-corrected chi connectivity index (χ3v) is 4.98. The van der Waals surface area contributed by atoms with Gasteiger partial charge >= 0.3 is 0 Å². The summed E-state index contributed by atoms with van der Waals surface area (Å²) in [5.74, 6) is 0.0638. The number of hydrogen-bond donors (Lipinski definition) is 1. The minimum atomic E-state index is 0.0638. The van der Waals surface area contributed by atoms with E-state index in [-0.39, 0.29) is 11.9 Å². The average Bonchev–Trinajstić information content (AvgIpc) is 3.07. The predicted molar refractivity (Wildman–Crippen MR) is 85.9 cm³/mol. The van der Waals surface area contributed by atoms with Crippen LogP contribution in [0, 0.1) is 0 Å². The number of halogens is 1. The van der Waals surface area contributed by atoms with Gasteiger partial charge in [0.25, 0.3) is 5.91 Å². The molecule has 1 aliphatic rings. The van der Waals surface area contributed by atoms with Crippen molar-refractivity contribution in [3.05, 3.63) is 50.6 Å². The Morgan fingerprint density at radius 2 is 2.25 bits per heavy atom. The highest BCUT2D eigenvalue weighted by molar-refractivity contribution is 9.10. The first-order chi connectivity index (χ1) is 9.65. The summed E-state index contributed by atoms with van der Waals surface area (Å²) in [5, 5.41) is 2.06. The monoisotopic (exact) mass is 350 g/mol. The number of carbonyl (C=O) groups is 1. The standard InChI is InChI=1S/C15H15BrN2OS/c16-11-7-10(8-12(17)9-11)15(19)18-5-1-3-13(18)14-4-2-6-20-14/h2,4,6-9,13H,1,3,5,17H2. The van der Waals surface area contributed by atoms with Crippen LogP contribution >= 0.6 is 27.3 Å². The quantitative estimate of drug-likeness (QED) is 0.829. The molecule has 20 heavy (non-hydrogen) atoms. The molecule has 1 fully saturated rings. The lowest BCUT2D eigenvalue weighted by molar-refractivity contribution is 0.0738. The number of benzene rings is 1. The van der Waals surface area contributed by atoms with E-state index in [0.717, 1.165) is 23.9 Å². The lowest BCUT2D eigenvalue weighted by atomic mass is 10.1. The van der Waals surface area contributed by atoms with Crippen LogP contribution in [-0.4, -0.2) is 17.4 Å². The van der Waals surface area contributed by atoms with Crippen molar-refractivity contribution in [3.8, 4) is 0 Å². The first kappa shape index (κ1) is 13.6. The fraction of sp³-hybridized carbons (Fsp3) is 0.267. The molecular weight excluding hydrogens is 336 g/mol. The molecule has 2 aromatic rings. The molecule has 3 rings (SSSR count). The van der Waals surface area contributed by atoms with E-state index in [9.17, 15) is 4.79 Å². The number of amides is 1. The van der Waals surface area contributed by atoms with Crippen molar-refractivity contribution < 1.29 is 4.79 Å². The number of rotatable bonds is 2. The molecule has 1 aromatic heterocycles. The number of likely N-dealkylation sites (tertiary alicyclic amines) is 1. The van der Waals surface area contributed by atoms with E-state index < -0.39 is 0 Å². The van der Waals surface area contributed by atoms with Crippen molar-refractivity contribution in [2.45, 2.75) is 18.9 Å². The van der Waals surface area contributed by atoms with Gasteiger partial charge in [-0.2, -0.15) is 0 Å². The number of thiophene rings is 1. The van der Waals surface area contributed by atoms with E-state index >= 15 is 0 Å². The molecule has 2 heterocycles. The van der Waals surface area contributed by atoms with Gasteiger partial charge in [-0.25, -0.2) is 0 Å². The second kappa shape index (κ2) is 5.58. The molecular formula is C15H15BrN2OS. The maximum absolute atomic E-state index is 12.7. The number of nitrogens with zero attached hydrogens (tertiary/aromatic N) is 1. The van der Waals surface area contributed by atoms with Gasteiger partial charge in [0.1, 0.15) is 0 Å². The van der Waals surface area contributed by atoms with Crippen LogP contribution in [0.15, 0.2) is 40.2 Å². The van der Waals surface area contributed by atoms with Crippen LogP contribution in [-0.2, 0) is 0 Å². The Balaban J connectivity index is 1.89. The Morgan fingerprint density at radius 3 is 2.95 bits per heavy atom. The Kier molecular flexibility index (Phi) is 3.81. The summed E-state index contributed by atoms with van der Waals surface area (Å²) >= 11 is 5.11. The first-order valence-corrected chi connectivity index (χ1v) is 8.23. The molecule has 0 aliphatic carbocycles. The highest BCUT2D eigenvalue weighted by Crippen LogP contribution is 2.35. The van der Waals surface area contributed by atoms with Crippen LogP contribution in [0.4, 0.5) is 5.69 Å². The zero-order valence-electron chi connectivity index (χ0n) is 10.9. The molecule has 5 heteroatoms. The normalized spacial score (nSPS) is 18.4. The number of carbonyl (C=O) groups excluding carboxylic acids is 1. The summed E-state index contributed by atoms with van der Waals surface area (Å²) < 4.78 is 0.840. The maximum atomic E-state index is 12.7. The van der Waals surface area contributed by atoms with Crippen LogP contribution in [0.2, 0.25) is 0 Å². The molecule has 1 unspecified atom stereocenters. The topological polar surface area (TPSA) is 46.3 Å². The van der Waals surface area contributed by atoms with Crippen LogP contribution < -0.4 is 5.73 Å². The van der Waals surface area contributed by atoms with E-state index in [1.54, 1.807) is 23.5 Å². The van der Waals surface area contributed by atoms with Gasteiger partial charge in [0.15, 0.2) is 0 Å². The van der Waals surface area contributed by atoms with Crippen LogP contribution in [0.3, 0.4) is 0 Å². The van der Waals surface area contributed by atoms with Crippen LogP contribution in [0.1, 0.15) is 34.1 Å².